The number of hydrogen-bond donors (Lipinski definition) is 4. The van der Waals surface area contributed by atoms with Gasteiger partial charge in [0.15, 0.2) is 10.9 Å². The molecule has 29 heteroatoms. The molecular formula is C47H56Cl4F3N4O17P. The molecule has 76 heavy (non-hydrogen) atoms. The quantitative estimate of drug-likeness (QED) is 0.0170. The number of benzene rings is 3. The van der Waals surface area contributed by atoms with Crippen LogP contribution in [0.3, 0.4) is 0 Å². The number of aryl methyl sites for hydroxylation is 2. The molecule has 3 aromatic carbocycles. The Morgan fingerprint density at radius 2 is 1.64 bits per heavy atom. The van der Waals surface area contributed by atoms with Crippen LogP contribution in [-0.4, -0.2) is 117 Å². The molecule has 4 N–H and O–H groups in total. The lowest BCUT2D eigenvalue weighted by Crippen LogP contribution is -2.45. The van der Waals surface area contributed by atoms with Crippen molar-refractivity contribution in [1.82, 2.24) is 10.2 Å². The molecule has 1 aliphatic heterocycles. The van der Waals surface area contributed by atoms with Crippen LogP contribution < -0.4 is 15.0 Å². The molecule has 1 fully saturated rings. The number of furan rings is 1. The smallest absolute Gasteiger partial charge is 0.416 e. The van der Waals surface area contributed by atoms with Crippen molar-refractivity contribution in [3.8, 4) is 11.5 Å². The largest absolute Gasteiger partial charge is 0.480 e. The fourth-order valence-corrected chi connectivity index (χ4v) is 7.59. The number of carboxylic acid groups (broad SMARTS) is 1. The average Bonchev–Trinajstić information content (AvgIpc) is 4.00. The van der Waals surface area contributed by atoms with Crippen LogP contribution in [0.15, 0.2) is 77.4 Å². The molecule has 2 heterocycles. The Morgan fingerprint density at radius 1 is 1.01 bits per heavy atom. The lowest BCUT2D eigenvalue weighted by atomic mass is 10.0. The Labute approximate surface area is 454 Å². The Balaban J connectivity index is 0.000000375. The van der Waals surface area contributed by atoms with Gasteiger partial charge in [-0.15, -0.1) is 11.6 Å². The lowest BCUT2D eigenvalue weighted by Gasteiger charge is -2.29. The molecule has 1 saturated heterocycles. The van der Waals surface area contributed by atoms with Crippen molar-refractivity contribution in [2.45, 2.75) is 83.3 Å². The monoisotopic (exact) mass is 1180 g/mol. The van der Waals surface area contributed by atoms with Gasteiger partial charge >= 0.3 is 31.7 Å². The summed E-state index contributed by atoms with van der Waals surface area (Å²) in [7, 11) is -2.52. The number of rotatable bonds is 19. The fraction of sp³-hybridized carbons (Fsp3) is 0.426. The summed E-state index contributed by atoms with van der Waals surface area (Å²) in [6, 6.07) is 15.1. The second-order valence-corrected chi connectivity index (χ2v) is 19.4. The van der Waals surface area contributed by atoms with Gasteiger partial charge in [-0.25, -0.2) is 9.59 Å². The van der Waals surface area contributed by atoms with E-state index in [1.54, 1.807) is 45.1 Å². The van der Waals surface area contributed by atoms with Crippen molar-refractivity contribution in [1.29, 1.82) is 0 Å². The number of alkyl halides is 6. The third kappa shape index (κ3) is 21.1. The molecule has 1 aliphatic rings. The van der Waals surface area contributed by atoms with E-state index in [1.807, 2.05) is 24.3 Å². The average molecular weight is 1180 g/mol. The maximum Gasteiger partial charge on any atom is 0.416 e. The van der Waals surface area contributed by atoms with Crippen molar-refractivity contribution in [3.05, 3.63) is 116 Å². The number of hydrogen-bond acceptors (Lipinski definition) is 15. The first kappa shape index (κ1) is 66.6. The van der Waals surface area contributed by atoms with E-state index >= 15 is 0 Å². The highest BCUT2D eigenvalue weighted by Crippen LogP contribution is 2.39. The van der Waals surface area contributed by atoms with Crippen molar-refractivity contribution >= 4 is 95.1 Å². The molecule has 0 spiro atoms. The van der Waals surface area contributed by atoms with Crippen molar-refractivity contribution in [2.75, 3.05) is 50.6 Å². The van der Waals surface area contributed by atoms with E-state index in [0.717, 1.165) is 60.0 Å². The van der Waals surface area contributed by atoms with E-state index in [0.29, 0.717) is 18.4 Å². The van der Waals surface area contributed by atoms with Gasteiger partial charge in [0.2, 0.25) is 5.91 Å². The number of esters is 2. The predicted molar refractivity (Wildman–Crippen MR) is 273 cm³/mol. The number of methoxy groups -OCH3 is 1. The molecule has 0 bridgehead atoms. The van der Waals surface area contributed by atoms with Gasteiger partial charge in [0.05, 0.1) is 53.4 Å². The minimum absolute atomic E-state index is 0.0371. The number of nitro groups is 1. The molecule has 2 atom stereocenters. The van der Waals surface area contributed by atoms with Crippen LogP contribution in [0.4, 0.5) is 24.5 Å². The van der Waals surface area contributed by atoms with Gasteiger partial charge in [-0.2, -0.15) is 13.2 Å². The summed E-state index contributed by atoms with van der Waals surface area (Å²) in [4.78, 5) is 86.4. The highest BCUT2D eigenvalue weighted by molar-refractivity contribution is 7.51. The highest BCUT2D eigenvalue weighted by atomic mass is 35.5. The maximum absolute atomic E-state index is 12.8. The SMILES string of the molecule is CC1(C)OC(c2ccco2)CN1C(=O)C(Cl)Cl.CCOC(=O)C(C)OC(=O)c1cc(Oc2ccc(C(F)(F)F)cc2Cl)ccc1[N+](=O)[O-].CCc1cccc(CC)c1N(COC)C(=O)CCl.O=C(O)CNCP(=O)(O)O. The number of para-hydroxylation sites is 1. The third-order valence-corrected chi connectivity index (χ3v) is 11.6. The number of nitro benzene ring substituents is 1. The van der Waals surface area contributed by atoms with Crippen LogP contribution in [0.2, 0.25) is 5.02 Å². The molecule has 1 aromatic heterocycles. The number of carbonyl (C=O) groups excluding carboxylic acids is 4. The molecule has 4 aromatic rings. The van der Waals surface area contributed by atoms with Crippen LogP contribution in [0, 0.1) is 10.1 Å². The number of carboxylic acids is 1. The normalized spacial score (nSPS) is 14.1. The zero-order chi connectivity index (χ0) is 57.7. The van der Waals surface area contributed by atoms with Gasteiger partial charge in [-0.05, 0) is 88.1 Å². The lowest BCUT2D eigenvalue weighted by molar-refractivity contribution is -0.385. The molecule has 21 nitrogen and oxygen atoms in total. The van der Waals surface area contributed by atoms with Gasteiger partial charge in [0.1, 0.15) is 47.3 Å². The van der Waals surface area contributed by atoms with E-state index in [1.165, 1.54) is 11.8 Å². The summed E-state index contributed by atoms with van der Waals surface area (Å²) in [6.07, 6.45) is -3.50. The van der Waals surface area contributed by atoms with E-state index < -0.39 is 82.9 Å². The standard InChI is InChI=1S/C19H15ClF3NO7.C14H20ClNO2.C11H13Cl2NO3.C3H8NO5P/c1-3-29-17(25)10(2)30-18(26)13-9-12(5-6-15(13)24(27)28)31-16-7-4-11(8-14(16)20)19(21,22)23;1-4-11-7-6-8-12(5-2)14(11)16(10-18-3)13(17)9-15;1-11(2)14(10(15)9(12)13)6-8(17-11)7-4-3-5-16-7;5-3(6)1-4-2-10(7,8)9/h4-10H,3H2,1-2H3;6-8H,4-5,9-10H2,1-3H3;3-5,8-9H,6H2,1-2H3;4H,1-2H2,(H,5,6)(H2,7,8,9). The van der Waals surface area contributed by atoms with Gasteiger partial charge in [-0.3, -0.25) is 39.3 Å². The Kier molecular flexibility index (Phi) is 27.2. The number of nitrogens with one attached hydrogen (secondary N) is 1. The van der Waals surface area contributed by atoms with Gasteiger partial charge in [0, 0.05) is 19.2 Å². The third-order valence-electron chi connectivity index (χ3n) is 10.0. The molecule has 0 aliphatic carbocycles. The van der Waals surface area contributed by atoms with E-state index in [-0.39, 0.29) is 53.7 Å². The number of amides is 2. The van der Waals surface area contributed by atoms with Gasteiger partial charge < -0.3 is 47.9 Å². The summed E-state index contributed by atoms with van der Waals surface area (Å²) in [5.74, 6) is -3.33. The van der Waals surface area contributed by atoms with Crippen LogP contribution in [0.25, 0.3) is 0 Å². The van der Waals surface area contributed by atoms with Gasteiger partial charge in [-0.1, -0.05) is 66.8 Å². The Bertz CT molecular complexity index is 2620. The summed E-state index contributed by atoms with van der Waals surface area (Å²) >= 11 is 22.7. The molecule has 5 rings (SSSR count). The number of carbonyl (C=O) groups is 5. The number of nitrogens with zero attached hydrogens (tertiary/aromatic N) is 3. The first-order valence-corrected chi connectivity index (χ1v) is 26.0. The minimum Gasteiger partial charge on any atom is -0.480 e. The predicted octanol–water partition coefficient (Wildman–Crippen LogP) is 9.67. The van der Waals surface area contributed by atoms with Crippen LogP contribution in [0.1, 0.15) is 80.5 Å². The first-order valence-electron chi connectivity index (χ1n) is 22.4. The highest BCUT2D eigenvalue weighted by Gasteiger charge is 2.45. The zero-order valence-corrected chi connectivity index (χ0v) is 45.7. The fourth-order valence-electron chi connectivity index (χ4n) is 6.58. The van der Waals surface area contributed by atoms with E-state index in [2.05, 4.69) is 19.2 Å². The van der Waals surface area contributed by atoms with Crippen LogP contribution in [0.5, 0.6) is 11.5 Å². The number of ether oxygens (including phenoxy) is 5. The zero-order valence-electron chi connectivity index (χ0n) is 41.8. The summed E-state index contributed by atoms with van der Waals surface area (Å²) < 4.78 is 79.4. The minimum atomic E-state index is -4.61. The second kappa shape index (κ2) is 31.0. The molecule has 0 radical (unpaired) electrons. The number of aliphatic carboxylic acids is 1. The van der Waals surface area contributed by atoms with Gasteiger partial charge in [0.25, 0.3) is 11.6 Å². The molecule has 2 unspecified atom stereocenters. The second-order valence-electron chi connectivity index (χ2n) is 15.9. The first-order chi connectivity index (χ1) is 35.5. The molecular weight excluding hydrogens is 1120 g/mol. The Hall–Kier alpha value is -5.53. The van der Waals surface area contributed by atoms with Crippen molar-refractivity contribution in [2.24, 2.45) is 0 Å². The Morgan fingerprint density at radius 3 is 2.12 bits per heavy atom. The van der Waals surface area contributed by atoms with Crippen LogP contribution in [-0.2, 0) is 61.7 Å². The van der Waals surface area contributed by atoms with Crippen molar-refractivity contribution in [3.63, 3.8) is 0 Å². The van der Waals surface area contributed by atoms with E-state index in [4.69, 9.17) is 89.4 Å². The molecule has 0 saturated carbocycles. The summed E-state index contributed by atoms with van der Waals surface area (Å²) in [6.45, 7) is 10.7. The van der Waals surface area contributed by atoms with Crippen LogP contribution >= 0.6 is 54.0 Å². The number of anilines is 1. The molecule has 2 amide bonds. The summed E-state index contributed by atoms with van der Waals surface area (Å²) in [5, 5.41) is 20.9. The van der Waals surface area contributed by atoms with E-state index in [9.17, 15) is 51.8 Å². The molecule has 420 valence electrons. The topological polar surface area (TPSA) is 284 Å². The maximum atomic E-state index is 12.8. The van der Waals surface area contributed by atoms with Crippen molar-refractivity contribution < 1.29 is 89.6 Å². The summed E-state index contributed by atoms with van der Waals surface area (Å²) in [5.41, 5.74) is 0.334. The number of halogens is 7.